The Kier molecular flexibility index (Phi) is 6.57. The number of ether oxygens (including phenoxy) is 1. The number of nitrogens with zero attached hydrogens (tertiary/aromatic N) is 4. The van der Waals surface area contributed by atoms with Crippen LogP contribution in [-0.2, 0) is 14.8 Å². The molecule has 2 aromatic carbocycles. The second kappa shape index (κ2) is 9.55. The minimum Gasteiger partial charge on any atom is -0.497 e. The van der Waals surface area contributed by atoms with Crippen molar-refractivity contribution in [3.63, 3.8) is 0 Å². The molecule has 0 saturated carbocycles. The van der Waals surface area contributed by atoms with Gasteiger partial charge in [0.2, 0.25) is 15.9 Å². The van der Waals surface area contributed by atoms with Gasteiger partial charge in [0, 0.05) is 50.4 Å². The van der Waals surface area contributed by atoms with Gasteiger partial charge in [0.05, 0.1) is 17.7 Å². The van der Waals surface area contributed by atoms with Crippen molar-refractivity contribution < 1.29 is 17.9 Å². The molecule has 172 valence electrons. The molecule has 3 aromatic rings. The maximum absolute atomic E-state index is 13.0. The van der Waals surface area contributed by atoms with Crippen LogP contribution in [0.3, 0.4) is 0 Å². The Morgan fingerprint density at radius 1 is 0.970 bits per heavy atom. The molecule has 33 heavy (non-hydrogen) atoms. The predicted molar refractivity (Wildman–Crippen MR) is 126 cm³/mol. The third-order valence-corrected chi connectivity index (χ3v) is 7.33. The van der Waals surface area contributed by atoms with E-state index in [0.29, 0.717) is 31.9 Å². The summed E-state index contributed by atoms with van der Waals surface area (Å²) in [6, 6.07) is 15.7. The number of methoxy groups -OCH3 is 1. The first-order valence-corrected chi connectivity index (χ1v) is 11.9. The molecule has 0 bridgehead atoms. The summed E-state index contributed by atoms with van der Waals surface area (Å²) in [6.07, 6.45) is 1.52. The summed E-state index contributed by atoms with van der Waals surface area (Å²) in [5, 5.41) is 2.64. The van der Waals surface area contributed by atoms with Crippen LogP contribution in [0.15, 0.2) is 65.8 Å². The summed E-state index contributed by atoms with van der Waals surface area (Å²) in [7, 11) is -2.00. The van der Waals surface area contributed by atoms with Crippen LogP contribution < -0.4 is 15.0 Å². The summed E-state index contributed by atoms with van der Waals surface area (Å²) in [6.45, 7) is 3.13. The molecule has 1 aliphatic rings. The zero-order valence-corrected chi connectivity index (χ0v) is 19.2. The molecule has 0 spiro atoms. The Morgan fingerprint density at radius 2 is 1.64 bits per heavy atom. The van der Waals surface area contributed by atoms with Gasteiger partial charge in [-0.1, -0.05) is 0 Å². The minimum absolute atomic E-state index is 0.203. The van der Waals surface area contributed by atoms with Crippen molar-refractivity contribution in [2.45, 2.75) is 11.8 Å². The van der Waals surface area contributed by atoms with Gasteiger partial charge in [-0.15, -0.1) is 0 Å². The summed E-state index contributed by atoms with van der Waals surface area (Å²) >= 11 is 0. The molecule has 0 aliphatic carbocycles. The van der Waals surface area contributed by atoms with E-state index in [1.807, 2.05) is 30.3 Å². The number of carbonyl (C=O) groups is 1. The Balaban J connectivity index is 1.43. The highest BCUT2D eigenvalue weighted by Crippen LogP contribution is 2.25. The normalized spacial score (nSPS) is 14.7. The number of sulfonamides is 1. The fourth-order valence-corrected chi connectivity index (χ4v) is 5.08. The number of nitrogens with one attached hydrogen (secondary N) is 1. The lowest BCUT2D eigenvalue weighted by molar-refractivity contribution is -0.114. The summed E-state index contributed by atoms with van der Waals surface area (Å²) in [5.41, 5.74) is 2.29. The van der Waals surface area contributed by atoms with E-state index in [9.17, 15) is 13.2 Å². The molecule has 9 nitrogen and oxygen atoms in total. The number of hydrogen-bond donors (Lipinski definition) is 1. The average Bonchev–Trinajstić information content (AvgIpc) is 2.84. The van der Waals surface area contributed by atoms with Gasteiger partial charge in [0.15, 0.2) is 0 Å². The molecule has 1 amide bonds. The first-order valence-electron chi connectivity index (χ1n) is 10.5. The van der Waals surface area contributed by atoms with Gasteiger partial charge in [-0.3, -0.25) is 4.79 Å². The number of hydrogen-bond acceptors (Lipinski definition) is 7. The van der Waals surface area contributed by atoms with Gasteiger partial charge < -0.3 is 15.0 Å². The molecular weight excluding hydrogens is 442 g/mol. The Morgan fingerprint density at radius 3 is 2.24 bits per heavy atom. The molecule has 1 aromatic heterocycles. The number of piperazine rings is 1. The van der Waals surface area contributed by atoms with Gasteiger partial charge in [-0.05, 0) is 48.5 Å². The largest absolute Gasteiger partial charge is 0.497 e. The average molecular weight is 468 g/mol. The van der Waals surface area contributed by atoms with Crippen LogP contribution in [0.5, 0.6) is 5.75 Å². The smallest absolute Gasteiger partial charge is 0.243 e. The van der Waals surface area contributed by atoms with Crippen LogP contribution in [0.25, 0.3) is 11.3 Å². The van der Waals surface area contributed by atoms with E-state index < -0.39 is 10.0 Å². The Labute approximate surface area is 193 Å². The van der Waals surface area contributed by atoms with E-state index >= 15 is 0 Å². The van der Waals surface area contributed by atoms with Crippen LogP contribution >= 0.6 is 0 Å². The minimum atomic E-state index is -3.62. The molecule has 1 N–H and O–H groups in total. The number of anilines is 2. The lowest BCUT2D eigenvalue weighted by Gasteiger charge is -2.34. The van der Waals surface area contributed by atoms with Gasteiger partial charge >= 0.3 is 0 Å². The molecule has 1 aliphatic heterocycles. The molecule has 0 radical (unpaired) electrons. The van der Waals surface area contributed by atoms with Crippen molar-refractivity contribution in [2.24, 2.45) is 0 Å². The third-order valence-electron chi connectivity index (χ3n) is 5.41. The van der Waals surface area contributed by atoms with Crippen molar-refractivity contribution in [3.8, 4) is 17.0 Å². The summed E-state index contributed by atoms with van der Waals surface area (Å²) in [5.74, 6) is 1.32. The molecule has 0 atom stereocenters. The molecule has 0 unspecified atom stereocenters. The van der Waals surface area contributed by atoms with Crippen LogP contribution in [0.4, 0.5) is 11.5 Å². The fourth-order valence-electron chi connectivity index (χ4n) is 3.66. The number of amides is 1. The van der Waals surface area contributed by atoms with Crippen molar-refractivity contribution >= 4 is 27.4 Å². The Hall–Kier alpha value is -3.50. The monoisotopic (exact) mass is 467 g/mol. The molecule has 10 heteroatoms. The van der Waals surface area contributed by atoms with Gasteiger partial charge in [-0.2, -0.15) is 4.31 Å². The standard InChI is InChI=1S/C23H25N5O4S/c1-17(29)26-19-5-9-21(10-6-19)33(30,31)28-13-11-27(12-14-28)23-15-22(24-16-25-23)18-3-7-20(32-2)8-4-18/h3-10,15-16H,11-14H2,1-2H3,(H,26,29). The van der Waals surface area contributed by atoms with E-state index in [1.165, 1.54) is 29.7 Å². The lowest BCUT2D eigenvalue weighted by atomic mass is 10.1. The highest BCUT2D eigenvalue weighted by Gasteiger charge is 2.29. The second-order valence-corrected chi connectivity index (χ2v) is 9.52. The highest BCUT2D eigenvalue weighted by molar-refractivity contribution is 7.89. The summed E-state index contributed by atoms with van der Waals surface area (Å²) < 4.78 is 32.8. The maximum Gasteiger partial charge on any atom is 0.243 e. The van der Waals surface area contributed by atoms with E-state index in [1.54, 1.807) is 19.2 Å². The third kappa shape index (κ3) is 5.12. The first kappa shape index (κ1) is 22.7. The van der Waals surface area contributed by atoms with Gasteiger partial charge in [0.25, 0.3) is 0 Å². The zero-order chi connectivity index (χ0) is 23.4. The van der Waals surface area contributed by atoms with Crippen LogP contribution in [0.2, 0.25) is 0 Å². The van der Waals surface area contributed by atoms with E-state index in [-0.39, 0.29) is 10.8 Å². The number of aromatic nitrogens is 2. The second-order valence-electron chi connectivity index (χ2n) is 7.59. The topological polar surface area (TPSA) is 105 Å². The zero-order valence-electron chi connectivity index (χ0n) is 18.4. The van der Waals surface area contributed by atoms with Crippen molar-refractivity contribution in [1.82, 2.24) is 14.3 Å². The van der Waals surface area contributed by atoms with Crippen molar-refractivity contribution in [3.05, 3.63) is 60.9 Å². The highest BCUT2D eigenvalue weighted by atomic mass is 32.2. The maximum atomic E-state index is 13.0. The van der Waals surface area contributed by atoms with Crippen molar-refractivity contribution in [1.29, 1.82) is 0 Å². The number of rotatable bonds is 6. The fraction of sp³-hybridized carbons (Fsp3) is 0.261. The molecule has 1 saturated heterocycles. The number of carbonyl (C=O) groups excluding carboxylic acids is 1. The van der Waals surface area contributed by atoms with Crippen molar-refractivity contribution in [2.75, 3.05) is 43.5 Å². The molecule has 4 rings (SSSR count). The van der Waals surface area contributed by atoms with E-state index in [0.717, 1.165) is 22.8 Å². The summed E-state index contributed by atoms with van der Waals surface area (Å²) in [4.78, 5) is 22.2. The Bertz CT molecular complexity index is 1220. The first-order chi connectivity index (χ1) is 15.9. The molecular formula is C23H25N5O4S. The van der Waals surface area contributed by atoms with Crippen LogP contribution in [-0.4, -0.2) is 61.9 Å². The van der Waals surface area contributed by atoms with Gasteiger partial charge in [0.1, 0.15) is 17.9 Å². The SMILES string of the molecule is COc1ccc(-c2cc(N3CCN(S(=O)(=O)c4ccc(NC(C)=O)cc4)CC3)ncn2)cc1. The molecule has 1 fully saturated rings. The van der Waals surface area contributed by atoms with Crippen LogP contribution in [0.1, 0.15) is 6.92 Å². The van der Waals surface area contributed by atoms with E-state index in [2.05, 4.69) is 20.2 Å². The van der Waals surface area contributed by atoms with Gasteiger partial charge in [-0.25, -0.2) is 18.4 Å². The molecule has 2 heterocycles. The quantitative estimate of drug-likeness (QED) is 0.594. The van der Waals surface area contributed by atoms with E-state index in [4.69, 9.17) is 4.74 Å². The number of benzene rings is 2. The lowest BCUT2D eigenvalue weighted by Crippen LogP contribution is -2.48. The predicted octanol–water partition coefficient (Wildman–Crippen LogP) is 2.62. The van der Waals surface area contributed by atoms with Crippen LogP contribution in [0, 0.1) is 0 Å².